The van der Waals surface area contributed by atoms with E-state index in [1.54, 1.807) is 0 Å². The van der Waals surface area contributed by atoms with Gasteiger partial charge in [-0.05, 0) is 48.7 Å². The molecular weight excluding hydrogens is 336 g/mol. The van der Waals surface area contributed by atoms with Crippen molar-refractivity contribution in [2.75, 3.05) is 17.3 Å². The molecule has 1 amide bonds. The molecule has 3 rings (SSSR count). The standard InChI is InChI=1S/C18H20N4O2S/c1-3-12-4-6-14(7-5-12)24-10-16(23)20-13-8-11(2)17-15(9-13)25-18(21-17)22-19/h4-9H,3,10,19H2,1-2H3,(H,20,23)(H,21,22). The number of fused-ring (bicyclic) bond motifs is 1. The van der Waals surface area contributed by atoms with Gasteiger partial charge >= 0.3 is 0 Å². The number of nitrogens with two attached hydrogens (primary N) is 1. The van der Waals surface area contributed by atoms with E-state index in [1.807, 2.05) is 43.3 Å². The lowest BCUT2D eigenvalue weighted by Gasteiger charge is -2.09. The average Bonchev–Trinajstić information content (AvgIpc) is 3.04. The van der Waals surface area contributed by atoms with Crippen LogP contribution in [0.2, 0.25) is 0 Å². The number of carbonyl (C=O) groups is 1. The first-order valence-electron chi connectivity index (χ1n) is 7.98. The molecule has 0 saturated carbocycles. The van der Waals surface area contributed by atoms with Crippen LogP contribution in [0, 0.1) is 6.92 Å². The molecular formula is C18H20N4O2S. The largest absolute Gasteiger partial charge is 0.484 e. The van der Waals surface area contributed by atoms with Crippen LogP contribution in [0.15, 0.2) is 36.4 Å². The third kappa shape index (κ3) is 4.07. The van der Waals surface area contributed by atoms with Crippen LogP contribution in [0.5, 0.6) is 5.75 Å². The molecule has 6 nitrogen and oxygen atoms in total. The molecule has 0 unspecified atom stereocenters. The number of benzene rings is 2. The van der Waals surface area contributed by atoms with Gasteiger partial charge in [0.05, 0.1) is 10.2 Å². The molecule has 0 aliphatic carbocycles. The van der Waals surface area contributed by atoms with Crippen LogP contribution in [0.25, 0.3) is 10.2 Å². The van der Waals surface area contributed by atoms with Crippen molar-refractivity contribution in [1.29, 1.82) is 0 Å². The summed E-state index contributed by atoms with van der Waals surface area (Å²) in [5.41, 5.74) is 6.35. The Hall–Kier alpha value is -2.64. The molecule has 2 aromatic carbocycles. The van der Waals surface area contributed by atoms with Crippen molar-refractivity contribution < 1.29 is 9.53 Å². The Kier molecular flexibility index (Phi) is 5.16. The molecule has 0 radical (unpaired) electrons. The lowest BCUT2D eigenvalue weighted by atomic mass is 10.2. The number of thiazole rings is 1. The van der Waals surface area contributed by atoms with Crippen LogP contribution in [-0.4, -0.2) is 17.5 Å². The number of aromatic nitrogens is 1. The molecule has 0 aliphatic rings. The number of rotatable bonds is 6. The summed E-state index contributed by atoms with van der Waals surface area (Å²) in [5.74, 6) is 5.88. The van der Waals surface area contributed by atoms with E-state index in [-0.39, 0.29) is 12.5 Å². The van der Waals surface area contributed by atoms with Gasteiger partial charge in [-0.25, -0.2) is 10.8 Å². The van der Waals surface area contributed by atoms with Crippen molar-refractivity contribution in [3.63, 3.8) is 0 Å². The van der Waals surface area contributed by atoms with E-state index in [4.69, 9.17) is 10.6 Å². The summed E-state index contributed by atoms with van der Waals surface area (Å²) in [5, 5.41) is 3.50. The molecule has 0 saturated heterocycles. The minimum absolute atomic E-state index is 0.0408. The molecule has 0 atom stereocenters. The van der Waals surface area contributed by atoms with Gasteiger partial charge in [-0.3, -0.25) is 10.2 Å². The Bertz CT molecular complexity index is 890. The maximum atomic E-state index is 12.1. The number of hydrogen-bond donors (Lipinski definition) is 3. The third-order valence-electron chi connectivity index (χ3n) is 3.79. The highest BCUT2D eigenvalue weighted by Crippen LogP contribution is 2.30. The number of anilines is 2. The van der Waals surface area contributed by atoms with E-state index in [9.17, 15) is 4.79 Å². The van der Waals surface area contributed by atoms with Crippen molar-refractivity contribution in [2.24, 2.45) is 5.84 Å². The summed E-state index contributed by atoms with van der Waals surface area (Å²) in [4.78, 5) is 16.5. The number of hydrogen-bond acceptors (Lipinski definition) is 6. The zero-order chi connectivity index (χ0) is 17.8. The quantitative estimate of drug-likeness (QED) is 0.465. The van der Waals surface area contributed by atoms with Crippen LogP contribution in [-0.2, 0) is 11.2 Å². The minimum atomic E-state index is -0.208. The zero-order valence-corrected chi connectivity index (χ0v) is 14.9. The number of nitrogens with zero attached hydrogens (tertiary/aromatic N) is 1. The molecule has 1 aromatic heterocycles. The molecule has 130 valence electrons. The van der Waals surface area contributed by atoms with Gasteiger partial charge in [-0.15, -0.1) is 0 Å². The molecule has 7 heteroatoms. The van der Waals surface area contributed by atoms with Crippen molar-refractivity contribution in [2.45, 2.75) is 20.3 Å². The van der Waals surface area contributed by atoms with Gasteiger partial charge in [0.15, 0.2) is 11.7 Å². The first-order chi connectivity index (χ1) is 12.1. The molecule has 0 spiro atoms. The smallest absolute Gasteiger partial charge is 0.262 e. The van der Waals surface area contributed by atoms with Gasteiger partial charge in [0, 0.05) is 5.69 Å². The third-order valence-corrected chi connectivity index (χ3v) is 4.73. The number of carbonyl (C=O) groups excluding carboxylic acids is 1. The lowest BCUT2D eigenvalue weighted by Crippen LogP contribution is -2.20. The average molecular weight is 356 g/mol. The van der Waals surface area contributed by atoms with Crippen molar-refractivity contribution in [1.82, 2.24) is 4.98 Å². The second kappa shape index (κ2) is 7.50. The summed E-state index contributed by atoms with van der Waals surface area (Å²) < 4.78 is 6.49. The number of hydrazine groups is 1. The SMILES string of the molecule is CCc1ccc(OCC(=O)Nc2cc(C)c3nc(NN)sc3c2)cc1. The fourth-order valence-corrected chi connectivity index (χ4v) is 3.39. The molecule has 0 fully saturated rings. The lowest BCUT2D eigenvalue weighted by molar-refractivity contribution is -0.118. The summed E-state index contributed by atoms with van der Waals surface area (Å²) in [7, 11) is 0. The topological polar surface area (TPSA) is 89.3 Å². The van der Waals surface area contributed by atoms with Crippen molar-refractivity contribution >= 4 is 38.3 Å². The monoisotopic (exact) mass is 356 g/mol. The number of nitrogen functional groups attached to an aromatic ring is 1. The van der Waals surface area contributed by atoms with Gasteiger partial charge < -0.3 is 10.1 Å². The van der Waals surface area contributed by atoms with Gasteiger partial charge in [-0.1, -0.05) is 30.4 Å². The zero-order valence-electron chi connectivity index (χ0n) is 14.1. The molecule has 0 aliphatic heterocycles. The van der Waals surface area contributed by atoms with Crippen LogP contribution < -0.4 is 21.3 Å². The Morgan fingerprint density at radius 2 is 2.04 bits per heavy atom. The molecule has 4 N–H and O–H groups in total. The fourth-order valence-electron chi connectivity index (χ4n) is 2.50. The number of ether oxygens (including phenoxy) is 1. The highest BCUT2D eigenvalue weighted by Gasteiger charge is 2.10. The Morgan fingerprint density at radius 3 is 2.72 bits per heavy atom. The van der Waals surface area contributed by atoms with E-state index in [1.165, 1.54) is 16.9 Å². The molecule has 25 heavy (non-hydrogen) atoms. The number of nitrogens with one attached hydrogen (secondary N) is 2. The minimum Gasteiger partial charge on any atom is -0.484 e. The molecule has 1 heterocycles. The van der Waals surface area contributed by atoms with Crippen LogP contribution in [0.3, 0.4) is 0 Å². The second-order valence-electron chi connectivity index (χ2n) is 5.64. The van der Waals surface area contributed by atoms with Gasteiger partial charge in [0.2, 0.25) is 0 Å². The normalized spacial score (nSPS) is 10.7. The predicted molar refractivity (Wildman–Crippen MR) is 102 cm³/mol. The number of aryl methyl sites for hydroxylation is 2. The predicted octanol–water partition coefficient (Wildman–Crippen LogP) is 3.47. The Morgan fingerprint density at radius 1 is 1.28 bits per heavy atom. The second-order valence-corrected chi connectivity index (χ2v) is 6.67. The first-order valence-corrected chi connectivity index (χ1v) is 8.80. The number of amides is 1. The van der Waals surface area contributed by atoms with Gasteiger partial charge in [0.25, 0.3) is 5.91 Å². The highest BCUT2D eigenvalue weighted by molar-refractivity contribution is 7.22. The Labute approximate surface area is 150 Å². The van der Waals surface area contributed by atoms with Gasteiger partial charge in [-0.2, -0.15) is 0 Å². The maximum absolute atomic E-state index is 12.1. The van der Waals surface area contributed by atoms with Crippen LogP contribution in [0.1, 0.15) is 18.1 Å². The fraction of sp³-hybridized carbons (Fsp3) is 0.222. The van der Waals surface area contributed by atoms with Gasteiger partial charge in [0.1, 0.15) is 5.75 Å². The van der Waals surface area contributed by atoms with Crippen molar-refractivity contribution in [3.8, 4) is 5.75 Å². The maximum Gasteiger partial charge on any atom is 0.262 e. The van der Waals surface area contributed by atoms with Crippen molar-refractivity contribution in [3.05, 3.63) is 47.5 Å². The van der Waals surface area contributed by atoms with E-state index in [0.29, 0.717) is 16.6 Å². The Balaban J connectivity index is 1.64. The summed E-state index contributed by atoms with van der Waals surface area (Å²) in [6, 6.07) is 11.5. The van der Waals surface area contributed by atoms with E-state index < -0.39 is 0 Å². The summed E-state index contributed by atoms with van der Waals surface area (Å²) in [6.45, 7) is 4.00. The highest BCUT2D eigenvalue weighted by atomic mass is 32.1. The van der Waals surface area contributed by atoms with E-state index >= 15 is 0 Å². The van der Waals surface area contributed by atoms with E-state index in [2.05, 4.69) is 22.7 Å². The first kappa shape index (κ1) is 17.2. The summed E-state index contributed by atoms with van der Waals surface area (Å²) >= 11 is 1.44. The van der Waals surface area contributed by atoms with Crippen LogP contribution >= 0.6 is 11.3 Å². The van der Waals surface area contributed by atoms with E-state index in [0.717, 1.165) is 22.2 Å². The summed E-state index contributed by atoms with van der Waals surface area (Å²) in [6.07, 6.45) is 0.974. The molecule has 3 aromatic rings. The molecule has 0 bridgehead atoms. The van der Waals surface area contributed by atoms with Crippen LogP contribution in [0.4, 0.5) is 10.8 Å².